The zero-order valence-corrected chi connectivity index (χ0v) is 15.8. The van der Waals surface area contributed by atoms with E-state index in [1.54, 1.807) is 24.3 Å². The number of nitriles is 1. The number of benzene rings is 2. The van der Waals surface area contributed by atoms with Crippen LogP contribution in [0.5, 0.6) is 0 Å². The van der Waals surface area contributed by atoms with Crippen molar-refractivity contribution in [3.63, 3.8) is 0 Å². The standard InChI is InChI=1S/C19H12ClFN4O2S/c20-12-3-1-11(2-4-12)17-15(9-22)18(27)25-19(24-17)28-10-16(26)23-14-7-5-13(21)6-8-14/h1-8H,10H2,(H,23,26)(H,24,25,27). The van der Waals surface area contributed by atoms with Crippen molar-refractivity contribution in [2.24, 2.45) is 0 Å². The van der Waals surface area contributed by atoms with Gasteiger partial charge >= 0.3 is 0 Å². The number of amides is 1. The molecule has 3 rings (SSSR count). The van der Waals surface area contributed by atoms with Crippen LogP contribution in [0.1, 0.15) is 5.56 Å². The van der Waals surface area contributed by atoms with Gasteiger partial charge in [-0.3, -0.25) is 9.59 Å². The van der Waals surface area contributed by atoms with Gasteiger partial charge in [0.25, 0.3) is 5.56 Å². The van der Waals surface area contributed by atoms with Gasteiger partial charge in [0.1, 0.15) is 17.4 Å². The quantitative estimate of drug-likeness (QED) is 0.488. The number of thioether (sulfide) groups is 1. The fraction of sp³-hybridized carbons (Fsp3) is 0.0526. The number of hydrogen-bond acceptors (Lipinski definition) is 5. The van der Waals surface area contributed by atoms with Gasteiger partial charge in [0.15, 0.2) is 5.16 Å². The number of nitrogens with one attached hydrogen (secondary N) is 2. The van der Waals surface area contributed by atoms with Crippen molar-refractivity contribution in [1.82, 2.24) is 9.97 Å². The topological polar surface area (TPSA) is 98.6 Å². The summed E-state index contributed by atoms with van der Waals surface area (Å²) in [6.45, 7) is 0. The smallest absolute Gasteiger partial charge is 0.270 e. The zero-order chi connectivity index (χ0) is 20.1. The highest BCUT2D eigenvalue weighted by Crippen LogP contribution is 2.23. The fourth-order valence-electron chi connectivity index (χ4n) is 2.31. The summed E-state index contributed by atoms with van der Waals surface area (Å²) in [5, 5.41) is 12.6. The third-order valence-corrected chi connectivity index (χ3v) is 4.72. The van der Waals surface area contributed by atoms with Crippen LogP contribution >= 0.6 is 23.4 Å². The molecule has 0 bridgehead atoms. The molecule has 0 aliphatic heterocycles. The summed E-state index contributed by atoms with van der Waals surface area (Å²) in [7, 11) is 0. The maximum Gasteiger partial charge on any atom is 0.270 e. The van der Waals surface area contributed by atoms with E-state index < -0.39 is 11.4 Å². The van der Waals surface area contributed by atoms with Gasteiger partial charge in [0, 0.05) is 16.3 Å². The third kappa shape index (κ3) is 4.76. The average Bonchev–Trinajstić information content (AvgIpc) is 2.68. The lowest BCUT2D eigenvalue weighted by Gasteiger charge is -2.07. The lowest BCUT2D eigenvalue weighted by atomic mass is 10.1. The summed E-state index contributed by atoms with van der Waals surface area (Å²) < 4.78 is 12.9. The Morgan fingerprint density at radius 1 is 1.21 bits per heavy atom. The Labute approximate surface area is 168 Å². The van der Waals surface area contributed by atoms with Gasteiger partial charge < -0.3 is 10.3 Å². The molecule has 2 aromatic carbocycles. The van der Waals surface area contributed by atoms with Crippen molar-refractivity contribution < 1.29 is 9.18 Å². The molecule has 0 fully saturated rings. The molecule has 0 spiro atoms. The first kappa shape index (κ1) is 19.6. The Morgan fingerprint density at radius 3 is 2.54 bits per heavy atom. The maximum atomic E-state index is 12.9. The number of halogens is 2. The summed E-state index contributed by atoms with van der Waals surface area (Å²) in [6.07, 6.45) is 0. The first-order valence-corrected chi connectivity index (χ1v) is 9.31. The van der Waals surface area contributed by atoms with Crippen molar-refractivity contribution in [2.75, 3.05) is 11.1 Å². The minimum Gasteiger partial charge on any atom is -0.325 e. The molecular formula is C19H12ClFN4O2S. The average molecular weight is 415 g/mol. The number of H-pyrrole nitrogens is 1. The molecule has 140 valence electrons. The van der Waals surface area contributed by atoms with Crippen LogP contribution in [0, 0.1) is 17.1 Å². The van der Waals surface area contributed by atoms with Crippen molar-refractivity contribution in [2.45, 2.75) is 5.16 Å². The third-order valence-electron chi connectivity index (χ3n) is 3.60. The molecule has 0 saturated carbocycles. The molecule has 0 aliphatic carbocycles. The highest BCUT2D eigenvalue weighted by Gasteiger charge is 2.14. The molecule has 0 saturated heterocycles. The molecule has 0 atom stereocenters. The van der Waals surface area contributed by atoms with E-state index in [2.05, 4.69) is 15.3 Å². The Hall–Kier alpha value is -3.15. The summed E-state index contributed by atoms with van der Waals surface area (Å²) in [6, 6.07) is 13.8. The monoisotopic (exact) mass is 414 g/mol. The van der Waals surface area contributed by atoms with Crippen LogP contribution in [0.25, 0.3) is 11.3 Å². The number of aromatic nitrogens is 2. The van der Waals surface area contributed by atoms with E-state index in [4.69, 9.17) is 11.6 Å². The molecule has 2 N–H and O–H groups in total. The fourth-order valence-corrected chi connectivity index (χ4v) is 3.09. The summed E-state index contributed by atoms with van der Waals surface area (Å²) >= 11 is 6.88. The van der Waals surface area contributed by atoms with Gasteiger partial charge in [-0.2, -0.15) is 5.26 Å². The number of nitrogens with zero attached hydrogens (tertiary/aromatic N) is 2. The van der Waals surface area contributed by atoms with Gasteiger partial charge in [-0.1, -0.05) is 35.5 Å². The molecule has 1 aromatic heterocycles. The van der Waals surface area contributed by atoms with Crippen molar-refractivity contribution in [3.05, 3.63) is 75.3 Å². The lowest BCUT2D eigenvalue weighted by molar-refractivity contribution is -0.113. The number of anilines is 1. The normalized spacial score (nSPS) is 10.3. The second-order valence-corrected chi connectivity index (χ2v) is 6.96. The largest absolute Gasteiger partial charge is 0.325 e. The van der Waals surface area contributed by atoms with Crippen molar-refractivity contribution in [3.8, 4) is 17.3 Å². The molecule has 28 heavy (non-hydrogen) atoms. The molecule has 0 aliphatic rings. The molecule has 3 aromatic rings. The van der Waals surface area contributed by atoms with Gasteiger partial charge in [-0.25, -0.2) is 9.37 Å². The second-order valence-electron chi connectivity index (χ2n) is 5.56. The number of carbonyl (C=O) groups excluding carboxylic acids is 1. The van der Waals surface area contributed by atoms with E-state index in [9.17, 15) is 19.2 Å². The second kappa shape index (κ2) is 8.69. The Balaban J connectivity index is 1.78. The van der Waals surface area contributed by atoms with E-state index in [0.29, 0.717) is 16.3 Å². The van der Waals surface area contributed by atoms with Gasteiger partial charge in [-0.05, 0) is 36.4 Å². The van der Waals surface area contributed by atoms with Gasteiger partial charge in [0.05, 0.1) is 11.4 Å². The predicted molar refractivity (Wildman–Crippen MR) is 106 cm³/mol. The van der Waals surface area contributed by atoms with E-state index in [1.807, 2.05) is 6.07 Å². The van der Waals surface area contributed by atoms with Crippen LogP contribution in [0.4, 0.5) is 10.1 Å². The van der Waals surface area contributed by atoms with Gasteiger partial charge in [-0.15, -0.1) is 0 Å². The molecule has 1 amide bonds. The van der Waals surface area contributed by atoms with Crippen LogP contribution in [0.3, 0.4) is 0 Å². The predicted octanol–water partition coefficient (Wildman–Crippen LogP) is 3.83. The zero-order valence-electron chi connectivity index (χ0n) is 14.2. The summed E-state index contributed by atoms with van der Waals surface area (Å²) in [4.78, 5) is 31.1. The van der Waals surface area contributed by atoms with Crippen LogP contribution in [-0.4, -0.2) is 21.6 Å². The van der Waals surface area contributed by atoms with Crippen LogP contribution < -0.4 is 10.9 Å². The number of aromatic amines is 1. The van der Waals surface area contributed by atoms with Crippen LogP contribution in [0.2, 0.25) is 5.02 Å². The first-order chi connectivity index (χ1) is 13.5. The van der Waals surface area contributed by atoms with Crippen LogP contribution in [-0.2, 0) is 4.79 Å². The summed E-state index contributed by atoms with van der Waals surface area (Å²) in [5.41, 5.74) is 0.510. The SMILES string of the molecule is N#Cc1c(-c2ccc(Cl)cc2)nc(SCC(=O)Nc2ccc(F)cc2)[nH]c1=O. The van der Waals surface area contributed by atoms with Crippen molar-refractivity contribution in [1.29, 1.82) is 5.26 Å². The molecule has 1 heterocycles. The molecule has 0 unspecified atom stereocenters. The molecule has 9 heteroatoms. The Kier molecular flexibility index (Phi) is 6.09. The number of hydrogen-bond donors (Lipinski definition) is 2. The van der Waals surface area contributed by atoms with Gasteiger partial charge in [0.2, 0.25) is 5.91 Å². The maximum absolute atomic E-state index is 12.9. The minimum atomic E-state index is -0.594. The van der Waals surface area contributed by atoms with E-state index in [-0.39, 0.29) is 28.1 Å². The number of carbonyl (C=O) groups is 1. The Morgan fingerprint density at radius 2 is 1.89 bits per heavy atom. The van der Waals surface area contributed by atoms with E-state index in [0.717, 1.165) is 11.8 Å². The first-order valence-electron chi connectivity index (χ1n) is 7.95. The summed E-state index contributed by atoms with van der Waals surface area (Å²) in [5.74, 6) is -0.787. The lowest BCUT2D eigenvalue weighted by Crippen LogP contribution is -2.17. The van der Waals surface area contributed by atoms with Crippen LogP contribution in [0.15, 0.2) is 58.5 Å². The Bertz CT molecular complexity index is 1110. The van der Waals surface area contributed by atoms with E-state index in [1.165, 1.54) is 24.3 Å². The molecule has 6 nitrogen and oxygen atoms in total. The highest BCUT2D eigenvalue weighted by molar-refractivity contribution is 7.99. The number of rotatable bonds is 5. The molecule has 0 radical (unpaired) electrons. The van der Waals surface area contributed by atoms with E-state index >= 15 is 0 Å². The van der Waals surface area contributed by atoms with Crippen molar-refractivity contribution >= 4 is 35.0 Å². The highest BCUT2D eigenvalue weighted by atomic mass is 35.5. The minimum absolute atomic E-state index is 0.0354. The molecular weight excluding hydrogens is 403 g/mol.